The number of hydrogen-bond acceptors (Lipinski definition) is 3. The van der Waals surface area contributed by atoms with E-state index in [1.807, 2.05) is 30.3 Å². The lowest BCUT2D eigenvalue weighted by Crippen LogP contribution is -2.34. The largest absolute Gasteiger partial charge is 0.391 e. The number of carbonyl (C=O) groups excluding carboxylic acids is 1. The summed E-state index contributed by atoms with van der Waals surface area (Å²) in [5.41, 5.74) is 1.42. The van der Waals surface area contributed by atoms with E-state index in [4.69, 9.17) is 4.74 Å². The van der Waals surface area contributed by atoms with Crippen molar-refractivity contribution >= 4 is 5.91 Å². The molecule has 1 amide bonds. The highest BCUT2D eigenvalue weighted by Crippen LogP contribution is 2.33. The van der Waals surface area contributed by atoms with Gasteiger partial charge in [0.05, 0.1) is 18.8 Å². The van der Waals surface area contributed by atoms with Gasteiger partial charge in [0.25, 0.3) is 0 Å². The molecule has 1 N–H and O–H groups in total. The number of nitrogens with zero attached hydrogens (tertiary/aromatic N) is 1. The van der Waals surface area contributed by atoms with Gasteiger partial charge in [0, 0.05) is 6.54 Å². The zero-order chi connectivity index (χ0) is 17.8. The van der Waals surface area contributed by atoms with Crippen LogP contribution in [0.2, 0.25) is 0 Å². The Morgan fingerprint density at radius 1 is 1.16 bits per heavy atom. The van der Waals surface area contributed by atoms with Gasteiger partial charge in [0.15, 0.2) is 11.6 Å². The van der Waals surface area contributed by atoms with E-state index in [-0.39, 0.29) is 25.5 Å². The van der Waals surface area contributed by atoms with Gasteiger partial charge >= 0.3 is 0 Å². The molecule has 6 heteroatoms. The highest BCUT2D eigenvalue weighted by Gasteiger charge is 2.35. The Balaban J connectivity index is 1.64. The first-order valence-corrected chi connectivity index (χ1v) is 8.08. The second-order valence-electron chi connectivity index (χ2n) is 6.10. The van der Waals surface area contributed by atoms with E-state index in [1.54, 1.807) is 0 Å². The van der Waals surface area contributed by atoms with Crippen molar-refractivity contribution in [2.75, 3.05) is 13.2 Å². The molecule has 0 unspecified atom stereocenters. The quantitative estimate of drug-likeness (QED) is 0.905. The number of ether oxygens (including phenoxy) is 1. The summed E-state index contributed by atoms with van der Waals surface area (Å²) in [6, 6.07) is 12.5. The molecule has 4 nitrogen and oxygen atoms in total. The van der Waals surface area contributed by atoms with Crippen molar-refractivity contribution in [3.05, 3.63) is 71.3 Å². The summed E-state index contributed by atoms with van der Waals surface area (Å²) in [6.45, 7) is 0.317. The predicted molar refractivity (Wildman–Crippen MR) is 87.5 cm³/mol. The maximum atomic E-state index is 13.5. The Kier molecular flexibility index (Phi) is 5.40. The summed E-state index contributed by atoms with van der Waals surface area (Å²) in [6.07, 6.45) is -0.411. The summed E-state index contributed by atoms with van der Waals surface area (Å²) < 4.78 is 32.1. The number of amides is 1. The molecular formula is C19H19F2NO3. The molecule has 0 aliphatic carbocycles. The molecular weight excluding hydrogens is 328 g/mol. The van der Waals surface area contributed by atoms with Crippen molar-refractivity contribution < 1.29 is 23.4 Å². The fourth-order valence-corrected chi connectivity index (χ4v) is 3.04. The standard InChI is InChI=1S/C19H19F2NO3/c20-16-7-6-14(8-17(16)21)18-9-15(23)10-22(18)19(24)12-25-11-13-4-2-1-3-5-13/h1-8,15,18,23H,9-12H2/t15-,18-/m1/s1. The normalized spacial score (nSPS) is 20.0. The molecule has 25 heavy (non-hydrogen) atoms. The maximum Gasteiger partial charge on any atom is 0.249 e. The van der Waals surface area contributed by atoms with Crippen molar-refractivity contribution in [2.45, 2.75) is 25.2 Å². The molecule has 2 atom stereocenters. The van der Waals surface area contributed by atoms with Gasteiger partial charge < -0.3 is 14.7 Å². The molecule has 3 rings (SSSR count). The van der Waals surface area contributed by atoms with Gasteiger partial charge in [0.2, 0.25) is 5.91 Å². The van der Waals surface area contributed by atoms with Gasteiger partial charge in [-0.25, -0.2) is 8.78 Å². The van der Waals surface area contributed by atoms with Crippen LogP contribution in [0, 0.1) is 11.6 Å². The third-order valence-electron chi connectivity index (χ3n) is 4.26. The van der Waals surface area contributed by atoms with E-state index >= 15 is 0 Å². The fraction of sp³-hybridized carbons (Fsp3) is 0.316. The highest BCUT2D eigenvalue weighted by molar-refractivity contribution is 5.78. The van der Waals surface area contributed by atoms with Crippen molar-refractivity contribution in [2.24, 2.45) is 0 Å². The Bertz CT molecular complexity index is 739. The monoisotopic (exact) mass is 347 g/mol. The van der Waals surface area contributed by atoms with E-state index in [0.29, 0.717) is 12.2 Å². The second-order valence-corrected chi connectivity index (χ2v) is 6.10. The predicted octanol–water partition coefficient (Wildman–Crippen LogP) is 2.82. The van der Waals surface area contributed by atoms with Gasteiger partial charge in [-0.2, -0.15) is 0 Å². The van der Waals surface area contributed by atoms with Crippen molar-refractivity contribution in [3.63, 3.8) is 0 Å². The molecule has 2 aromatic carbocycles. The van der Waals surface area contributed by atoms with Gasteiger partial charge in [-0.15, -0.1) is 0 Å². The molecule has 132 valence electrons. The minimum Gasteiger partial charge on any atom is -0.391 e. The SMILES string of the molecule is O=C(COCc1ccccc1)N1C[C@H](O)C[C@@H]1c1ccc(F)c(F)c1. The average Bonchev–Trinajstić information content (AvgIpc) is 3.00. The Labute approximate surface area is 144 Å². The van der Waals surface area contributed by atoms with Crippen LogP contribution in [0.1, 0.15) is 23.6 Å². The molecule has 1 aliphatic heterocycles. The summed E-state index contributed by atoms with van der Waals surface area (Å²) in [5, 5.41) is 9.91. The first-order valence-electron chi connectivity index (χ1n) is 8.08. The number of aliphatic hydroxyl groups excluding tert-OH is 1. The Morgan fingerprint density at radius 2 is 1.92 bits per heavy atom. The molecule has 1 fully saturated rings. The lowest BCUT2D eigenvalue weighted by Gasteiger charge is -2.25. The average molecular weight is 347 g/mol. The van der Waals surface area contributed by atoms with Crippen LogP contribution >= 0.6 is 0 Å². The van der Waals surface area contributed by atoms with Gasteiger partial charge in [-0.05, 0) is 29.7 Å². The molecule has 1 aliphatic rings. The first-order chi connectivity index (χ1) is 12.0. The zero-order valence-electron chi connectivity index (χ0n) is 13.6. The van der Waals surface area contributed by atoms with Crippen LogP contribution in [0.3, 0.4) is 0 Å². The number of likely N-dealkylation sites (tertiary alicyclic amines) is 1. The van der Waals surface area contributed by atoms with Crippen LogP contribution in [-0.2, 0) is 16.1 Å². The van der Waals surface area contributed by atoms with E-state index < -0.39 is 23.8 Å². The zero-order valence-corrected chi connectivity index (χ0v) is 13.6. The Morgan fingerprint density at radius 3 is 2.64 bits per heavy atom. The molecule has 0 bridgehead atoms. The van der Waals surface area contributed by atoms with Crippen LogP contribution in [-0.4, -0.2) is 35.2 Å². The lowest BCUT2D eigenvalue weighted by molar-refractivity contribution is -0.137. The fourth-order valence-electron chi connectivity index (χ4n) is 3.04. The van der Waals surface area contributed by atoms with Crippen molar-refractivity contribution in [3.8, 4) is 0 Å². The van der Waals surface area contributed by atoms with Gasteiger partial charge in [0.1, 0.15) is 6.61 Å². The summed E-state index contributed by atoms with van der Waals surface area (Å²) in [7, 11) is 0. The summed E-state index contributed by atoms with van der Waals surface area (Å²) in [5.74, 6) is -2.19. The third kappa shape index (κ3) is 4.21. The Hall–Kier alpha value is -2.31. The number of rotatable bonds is 5. The van der Waals surface area contributed by atoms with Crippen LogP contribution in [0.4, 0.5) is 8.78 Å². The van der Waals surface area contributed by atoms with Crippen LogP contribution in [0.5, 0.6) is 0 Å². The number of hydrogen-bond donors (Lipinski definition) is 1. The topological polar surface area (TPSA) is 49.8 Å². The molecule has 0 aromatic heterocycles. The minimum atomic E-state index is -0.966. The van der Waals surface area contributed by atoms with Crippen LogP contribution in [0.15, 0.2) is 48.5 Å². The minimum absolute atomic E-state index is 0.137. The second kappa shape index (κ2) is 7.72. The van der Waals surface area contributed by atoms with E-state index in [0.717, 1.165) is 17.7 Å². The van der Waals surface area contributed by atoms with Gasteiger partial charge in [-0.3, -0.25) is 4.79 Å². The highest BCUT2D eigenvalue weighted by atomic mass is 19.2. The van der Waals surface area contributed by atoms with Crippen LogP contribution < -0.4 is 0 Å². The summed E-state index contributed by atoms with van der Waals surface area (Å²) in [4.78, 5) is 13.9. The summed E-state index contributed by atoms with van der Waals surface area (Å²) >= 11 is 0. The third-order valence-corrected chi connectivity index (χ3v) is 4.26. The van der Waals surface area contributed by atoms with Crippen LogP contribution in [0.25, 0.3) is 0 Å². The molecule has 0 radical (unpaired) electrons. The lowest BCUT2D eigenvalue weighted by atomic mass is 10.0. The molecule has 1 heterocycles. The van der Waals surface area contributed by atoms with E-state index in [2.05, 4.69) is 0 Å². The first kappa shape index (κ1) is 17.5. The van der Waals surface area contributed by atoms with Crippen molar-refractivity contribution in [1.29, 1.82) is 0 Å². The number of β-amino-alcohol motifs (C(OH)–C–C–N with tert-alkyl or cyclic N) is 1. The molecule has 1 saturated heterocycles. The smallest absolute Gasteiger partial charge is 0.249 e. The number of aliphatic hydroxyl groups is 1. The van der Waals surface area contributed by atoms with E-state index in [1.165, 1.54) is 11.0 Å². The van der Waals surface area contributed by atoms with Crippen molar-refractivity contribution in [1.82, 2.24) is 4.90 Å². The number of halogens is 2. The maximum absolute atomic E-state index is 13.5. The molecule has 2 aromatic rings. The molecule has 0 spiro atoms. The number of benzene rings is 2. The number of carbonyl (C=O) groups is 1. The molecule has 0 saturated carbocycles. The van der Waals surface area contributed by atoms with E-state index in [9.17, 15) is 18.7 Å². The van der Waals surface area contributed by atoms with Gasteiger partial charge in [-0.1, -0.05) is 36.4 Å².